The van der Waals surface area contributed by atoms with Gasteiger partial charge in [0.1, 0.15) is 12.2 Å². The standard InChI is InChI=1S/C35H35ClFN5O5/c1-22-11-15-42(16-12-22)14-3-17-45-32-20-28-26(19-31(32)44-2)29(10-13-38-28)46-30-9-8-25(18-27(30)37)39-33(43)21-34-40-41-35(47-34)23-4-6-24(36)7-5-23/h4-10,13,18-20,22H,3,11-12,14-17,21H2,1-2H3,(H,39,43). The second-order valence-corrected chi connectivity index (χ2v) is 12.0. The molecule has 1 saturated heterocycles. The molecule has 2 aromatic heterocycles. The summed E-state index contributed by atoms with van der Waals surface area (Å²) in [7, 11) is 1.57. The molecule has 3 heterocycles. The zero-order valence-corrected chi connectivity index (χ0v) is 26.9. The minimum Gasteiger partial charge on any atom is -0.493 e. The van der Waals surface area contributed by atoms with E-state index in [4.69, 9.17) is 30.2 Å². The molecule has 12 heteroatoms. The minimum atomic E-state index is -0.661. The molecule has 1 N–H and O–H groups in total. The van der Waals surface area contributed by atoms with Crippen LogP contribution in [0.1, 0.15) is 32.1 Å². The van der Waals surface area contributed by atoms with Crippen LogP contribution in [-0.2, 0) is 11.2 Å². The quantitative estimate of drug-likeness (QED) is 0.136. The van der Waals surface area contributed by atoms with Crippen molar-refractivity contribution in [3.63, 3.8) is 0 Å². The summed E-state index contributed by atoms with van der Waals surface area (Å²) in [6, 6.07) is 16.3. The molecule has 1 amide bonds. The molecule has 1 aliphatic rings. The zero-order valence-electron chi connectivity index (χ0n) is 26.2. The van der Waals surface area contributed by atoms with Crippen molar-refractivity contribution in [2.75, 3.05) is 38.7 Å². The van der Waals surface area contributed by atoms with E-state index in [1.54, 1.807) is 61.8 Å². The summed E-state index contributed by atoms with van der Waals surface area (Å²) < 4.78 is 38.4. The summed E-state index contributed by atoms with van der Waals surface area (Å²) in [6.07, 6.45) is 4.80. The number of halogens is 2. The molecule has 3 aromatic carbocycles. The van der Waals surface area contributed by atoms with Crippen LogP contribution in [0.15, 0.2) is 71.3 Å². The number of hydrogen-bond donors (Lipinski definition) is 1. The lowest BCUT2D eigenvalue weighted by Crippen LogP contribution is -2.34. The van der Waals surface area contributed by atoms with Crippen LogP contribution < -0.4 is 19.5 Å². The summed E-state index contributed by atoms with van der Waals surface area (Å²) >= 11 is 5.92. The summed E-state index contributed by atoms with van der Waals surface area (Å²) in [6.45, 7) is 6.14. The first-order chi connectivity index (χ1) is 22.8. The van der Waals surface area contributed by atoms with E-state index in [0.29, 0.717) is 45.3 Å². The van der Waals surface area contributed by atoms with E-state index in [-0.39, 0.29) is 29.6 Å². The Morgan fingerprint density at radius 1 is 1.02 bits per heavy atom. The molecule has 0 spiro atoms. The van der Waals surface area contributed by atoms with Crippen molar-refractivity contribution in [3.8, 4) is 34.5 Å². The van der Waals surface area contributed by atoms with E-state index in [9.17, 15) is 4.79 Å². The van der Waals surface area contributed by atoms with Gasteiger partial charge in [-0.15, -0.1) is 10.2 Å². The molecule has 1 fully saturated rings. The van der Waals surface area contributed by atoms with Gasteiger partial charge in [0.2, 0.25) is 17.7 Å². The highest BCUT2D eigenvalue weighted by Crippen LogP contribution is 2.38. The number of anilines is 1. The number of carbonyl (C=O) groups excluding carboxylic acids is 1. The van der Waals surface area contributed by atoms with E-state index >= 15 is 4.39 Å². The van der Waals surface area contributed by atoms with Gasteiger partial charge in [-0.05, 0) is 86.8 Å². The summed E-state index contributed by atoms with van der Waals surface area (Å²) in [5.74, 6) is 1.57. The van der Waals surface area contributed by atoms with E-state index in [2.05, 4.69) is 32.3 Å². The molecule has 0 radical (unpaired) electrons. The largest absolute Gasteiger partial charge is 0.493 e. The number of nitrogens with zero attached hydrogens (tertiary/aromatic N) is 4. The van der Waals surface area contributed by atoms with E-state index in [0.717, 1.165) is 32.0 Å². The number of hydrogen-bond acceptors (Lipinski definition) is 9. The molecule has 0 atom stereocenters. The first-order valence-electron chi connectivity index (χ1n) is 15.5. The predicted molar refractivity (Wildman–Crippen MR) is 177 cm³/mol. The molecular formula is C35H35ClFN5O5. The summed E-state index contributed by atoms with van der Waals surface area (Å²) in [5.41, 5.74) is 1.54. The summed E-state index contributed by atoms with van der Waals surface area (Å²) in [5, 5.41) is 11.8. The maximum absolute atomic E-state index is 15.2. The Balaban J connectivity index is 1.07. The SMILES string of the molecule is COc1cc2c(Oc3ccc(NC(=O)Cc4nnc(-c5ccc(Cl)cc5)o4)cc3F)ccnc2cc1OCCCN1CCC(C)CC1. The number of ether oxygens (including phenoxy) is 3. The number of piperidine rings is 1. The molecule has 10 nitrogen and oxygen atoms in total. The third kappa shape index (κ3) is 8.16. The highest BCUT2D eigenvalue weighted by atomic mass is 35.5. The minimum absolute atomic E-state index is 0.0218. The van der Waals surface area contributed by atoms with Gasteiger partial charge in [0.25, 0.3) is 0 Å². The number of methoxy groups -OCH3 is 1. The first-order valence-corrected chi connectivity index (χ1v) is 15.9. The van der Waals surface area contributed by atoms with Crippen molar-refractivity contribution in [2.24, 2.45) is 5.92 Å². The van der Waals surface area contributed by atoms with Crippen molar-refractivity contribution >= 4 is 34.1 Å². The van der Waals surface area contributed by atoms with Crippen LogP contribution in [0.25, 0.3) is 22.4 Å². The number of nitrogens with one attached hydrogen (secondary N) is 1. The fourth-order valence-electron chi connectivity index (χ4n) is 5.40. The van der Waals surface area contributed by atoms with Gasteiger partial charge in [-0.3, -0.25) is 9.78 Å². The van der Waals surface area contributed by atoms with Gasteiger partial charge in [-0.2, -0.15) is 0 Å². The molecule has 1 aliphatic heterocycles. The Kier molecular flexibility index (Phi) is 10.1. The lowest BCUT2D eigenvalue weighted by molar-refractivity contribution is -0.115. The van der Waals surface area contributed by atoms with Crippen LogP contribution in [0.5, 0.6) is 23.0 Å². The normalized spacial score (nSPS) is 13.9. The first kappa shape index (κ1) is 32.2. The van der Waals surface area contributed by atoms with E-state index < -0.39 is 11.7 Å². The number of aromatic nitrogens is 3. The number of benzene rings is 3. The second kappa shape index (κ2) is 14.8. The second-order valence-electron chi connectivity index (χ2n) is 11.5. The van der Waals surface area contributed by atoms with Crippen LogP contribution in [0.3, 0.4) is 0 Å². The smallest absolute Gasteiger partial charge is 0.247 e. The molecule has 0 bridgehead atoms. The van der Waals surface area contributed by atoms with Crippen LogP contribution in [0.4, 0.5) is 10.1 Å². The average Bonchev–Trinajstić information content (AvgIpc) is 3.53. The highest BCUT2D eigenvalue weighted by molar-refractivity contribution is 6.30. The van der Waals surface area contributed by atoms with Crippen molar-refractivity contribution in [2.45, 2.75) is 32.6 Å². The van der Waals surface area contributed by atoms with Crippen molar-refractivity contribution in [3.05, 3.63) is 83.6 Å². The third-order valence-electron chi connectivity index (χ3n) is 8.04. The van der Waals surface area contributed by atoms with Crippen LogP contribution in [-0.4, -0.2) is 59.3 Å². The van der Waals surface area contributed by atoms with Crippen molar-refractivity contribution in [1.82, 2.24) is 20.1 Å². The van der Waals surface area contributed by atoms with Gasteiger partial charge in [-0.1, -0.05) is 18.5 Å². The molecule has 244 valence electrons. The molecule has 5 aromatic rings. The average molecular weight is 660 g/mol. The van der Waals surface area contributed by atoms with Gasteiger partial charge in [-0.25, -0.2) is 4.39 Å². The number of pyridine rings is 1. The Labute approximate surface area is 276 Å². The Morgan fingerprint density at radius 2 is 1.83 bits per heavy atom. The fourth-order valence-corrected chi connectivity index (χ4v) is 5.53. The topological polar surface area (TPSA) is 112 Å². The fraction of sp³-hybridized carbons (Fsp3) is 0.314. The zero-order chi connectivity index (χ0) is 32.8. The monoisotopic (exact) mass is 659 g/mol. The Morgan fingerprint density at radius 3 is 2.60 bits per heavy atom. The lowest BCUT2D eigenvalue weighted by Gasteiger charge is -2.30. The van der Waals surface area contributed by atoms with E-state index in [1.165, 1.54) is 25.0 Å². The molecular weight excluding hydrogens is 625 g/mol. The Hall–Kier alpha value is -4.74. The van der Waals surface area contributed by atoms with Crippen LogP contribution in [0.2, 0.25) is 5.02 Å². The van der Waals surface area contributed by atoms with Gasteiger partial charge in [0.15, 0.2) is 23.1 Å². The number of likely N-dealkylation sites (tertiary alicyclic amines) is 1. The summed E-state index contributed by atoms with van der Waals surface area (Å²) in [4.78, 5) is 19.6. The van der Waals surface area contributed by atoms with Gasteiger partial charge in [0.05, 0.1) is 19.2 Å². The molecule has 0 saturated carbocycles. The van der Waals surface area contributed by atoms with Gasteiger partial charge in [0, 0.05) is 46.5 Å². The maximum atomic E-state index is 15.2. The molecule has 47 heavy (non-hydrogen) atoms. The van der Waals surface area contributed by atoms with Crippen LogP contribution >= 0.6 is 11.6 Å². The third-order valence-corrected chi connectivity index (χ3v) is 8.30. The molecule has 0 aliphatic carbocycles. The van der Waals surface area contributed by atoms with E-state index in [1.807, 2.05) is 0 Å². The van der Waals surface area contributed by atoms with Crippen LogP contribution in [0, 0.1) is 11.7 Å². The number of carbonyl (C=O) groups is 1. The van der Waals surface area contributed by atoms with Crippen molar-refractivity contribution in [1.29, 1.82) is 0 Å². The Bertz CT molecular complexity index is 1840. The van der Waals surface area contributed by atoms with Crippen molar-refractivity contribution < 1.29 is 27.8 Å². The maximum Gasteiger partial charge on any atom is 0.247 e. The van der Waals surface area contributed by atoms with Gasteiger partial charge < -0.3 is 28.8 Å². The lowest BCUT2D eigenvalue weighted by atomic mass is 9.99. The number of rotatable bonds is 12. The van der Waals surface area contributed by atoms with Gasteiger partial charge >= 0.3 is 0 Å². The predicted octanol–water partition coefficient (Wildman–Crippen LogP) is 7.56. The highest BCUT2D eigenvalue weighted by Gasteiger charge is 2.18. The molecule has 6 rings (SSSR count). The molecule has 0 unspecified atom stereocenters. The number of fused-ring (bicyclic) bond motifs is 1. The number of amides is 1.